The van der Waals surface area contributed by atoms with Crippen molar-refractivity contribution in [2.75, 3.05) is 31.1 Å². The molecule has 3 aromatic carbocycles. The molecule has 1 atom stereocenters. The van der Waals surface area contributed by atoms with E-state index < -0.39 is 23.8 Å². The SMILES string of the molecule is COC(=O)C1C(=O)N(Cc2ccc(OC)cc2)c2ccc(Br)cc2C(=O)N1c1ccccc1OC. The lowest BCUT2D eigenvalue weighted by Gasteiger charge is -2.30. The van der Waals surface area contributed by atoms with Gasteiger partial charge in [-0.15, -0.1) is 0 Å². The van der Waals surface area contributed by atoms with Crippen molar-refractivity contribution >= 4 is 45.1 Å². The third kappa shape index (κ3) is 4.59. The van der Waals surface area contributed by atoms with Gasteiger partial charge in [-0.25, -0.2) is 4.79 Å². The second kappa shape index (κ2) is 10.2. The summed E-state index contributed by atoms with van der Waals surface area (Å²) in [4.78, 5) is 43.6. The molecule has 0 bridgehead atoms. The van der Waals surface area contributed by atoms with Crippen molar-refractivity contribution in [3.63, 3.8) is 0 Å². The Morgan fingerprint density at radius 2 is 1.63 bits per heavy atom. The lowest BCUT2D eigenvalue weighted by atomic mass is 10.1. The van der Waals surface area contributed by atoms with E-state index in [1.54, 1.807) is 61.7 Å². The number of amides is 2. The number of methoxy groups -OCH3 is 3. The Morgan fingerprint density at radius 3 is 2.29 bits per heavy atom. The zero-order chi connectivity index (χ0) is 25.1. The van der Waals surface area contributed by atoms with Gasteiger partial charge < -0.3 is 19.1 Å². The van der Waals surface area contributed by atoms with E-state index >= 15 is 0 Å². The van der Waals surface area contributed by atoms with Crippen LogP contribution in [0.5, 0.6) is 11.5 Å². The lowest BCUT2D eigenvalue weighted by Crippen LogP contribution is -2.53. The largest absolute Gasteiger partial charge is 0.497 e. The first-order chi connectivity index (χ1) is 16.9. The standard InChI is InChI=1S/C26H23BrN2O6/c1-33-18-11-8-16(9-12-18)15-28-20-13-10-17(27)14-19(20)24(30)29(23(25(28)31)26(32)35-3)21-6-4-5-7-22(21)34-2/h4-14,23H,15H2,1-3H3. The van der Waals surface area contributed by atoms with Gasteiger partial charge in [0, 0.05) is 4.47 Å². The quantitative estimate of drug-likeness (QED) is 0.345. The fourth-order valence-corrected chi connectivity index (χ4v) is 4.37. The van der Waals surface area contributed by atoms with E-state index in [-0.39, 0.29) is 17.8 Å². The number of nitrogens with zero attached hydrogens (tertiary/aromatic N) is 2. The normalized spacial score (nSPS) is 15.4. The van der Waals surface area contributed by atoms with Gasteiger partial charge in [-0.05, 0) is 48.0 Å². The predicted octanol–water partition coefficient (Wildman–Crippen LogP) is 4.20. The molecule has 0 aromatic heterocycles. The van der Waals surface area contributed by atoms with E-state index in [1.807, 2.05) is 12.1 Å². The smallest absolute Gasteiger partial charge is 0.338 e. The van der Waals surface area contributed by atoms with Gasteiger partial charge in [0.25, 0.3) is 11.8 Å². The second-order valence-corrected chi connectivity index (χ2v) is 8.62. The maximum absolute atomic E-state index is 14.0. The Morgan fingerprint density at radius 1 is 0.914 bits per heavy atom. The topological polar surface area (TPSA) is 85.4 Å². The van der Waals surface area contributed by atoms with Crippen molar-refractivity contribution in [2.24, 2.45) is 0 Å². The predicted molar refractivity (Wildman–Crippen MR) is 134 cm³/mol. The highest BCUT2D eigenvalue weighted by atomic mass is 79.9. The number of anilines is 2. The molecule has 35 heavy (non-hydrogen) atoms. The van der Waals surface area contributed by atoms with Gasteiger partial charge in [-0.1, -0.05) is 40.2 Å². The molecule has 0 fully saturated rings. The fraction of sp³-hybridized carbons (Fsp3) is 0.192. The van der Waals surface area contributed by atoms with Gasteiger partial charge in [0.05, 0.1) is 44.8 Å². The second-order valence-electron chi connectivity index (χ2n) is 7.71. The van der Waals surface area contributed by atoms with Crippen molar-refractivity contribution in [3.05, 3.63) is 82.3 Å². The van der Waals surface area contributed by atoms with Crippen molar-refractivity contribution in [3.8, 4) is 11.5 Å². The zero-order valence-electron chi connectivity index (χ0n) is 19.4. The molecule has 0 saturated heterocycles. The molecule has 4 rings (SSSR count). The van der Waals surface area contributed by atoms with E-state index in [0.29, 0.717) is 21.7 Å². The van der Waals surface area contributed by atoms with Gasteiger partial charge in [0.2, 0.25) is 6.04 Å². The molecule has 1 heterocycles. The van der Waals surface area contributed by atoms with Gasteiger partial charge in [-0.2, -0.15) is 0 Å². The number of benzene rings is 3. The van der Waals surface area contributed by atoms with E-state index in [4.69, 9.17) is 14.2 Å². The first-order valence-electron chi connectivity index (χ1n) is 10.7. The molecule has 2 amide bonds. The maximum atomic E-state index is 14.0. The molecule has 9 heteroatoms. The number of fused-ring (bicyclic) bond motifs is 1. The average molecular weight is 539 g/mol. The lowest BCUT2D eigenvalue weighted by molar-refractivity contribution is -0.145. The molecule has 180 valence electrons. The Bertz CT molecular complexity index is 1280. The highest BCUT2D eigenvalue weighted by Crippen LogP contribution is 2.37. The summed E-state index contributed by atoms with van der Waals surface area (Å²) in [6.07, 6.45) is 0. The third-order valence-corrected chi connectivity index (χ3v) is 6.22. The number of carbonyl (C=O) groups excluding carboxylic acids is 3. The molecule has 1 unspecified atom stereocenters. The molecule has 1 aliphatic heterocycles. The van der Waals surface area contributed by atoms with Crippen LogP contribution in [0.2, 0.25) is 0 Å². The zero-order valence-corrected chi connectivity index (χ0v) is 20.9. The summed E-state index contributed by atoms with van der Waals surface area (Å²) in [5, 5.41) is 0. The van der Waals surface area contributed by atoms with Crippen LogP contribution in [0.1, 0.15) is 15.9 Å². The van der Waals surface area contributed by atoms with Crippen LogP contribution < -0.4 is 19.3 Å². The van der Waals surface area contributed by atoms with Crippen molar-refractivity contribution in [1.82, 2.24) is 0 Å². The number of ether oxygens (including phenoxy) is 3. The van der Waals surface area contributed by atoms with Crippen LogP contribution in [-0.4, -0.2) is 45.2 Å². The number of esters is 1. The molecule has 0 spiro atoms. The Kier molecular flexibility index (Phi) is 7.07. The fourth-order valence-electron chi connectivity index (χ4n) is 4.01. The Hall–Kier alpha value is -3.85. The molecule has 3 aromatic rings. The molecular weight excluding hydrogens is 516 g/mol. The molecule has 1 aliphatic rings. The monoisotopic (exact) mass is 538 g/mol. The number of hydrogen-bond acceptors (Lipinski definition) is 6. The van der Waals surface area contributed by atoms with Crippen LogP contribution in [0.25, 0.3) is 0 Å². The Labute approximate surface area is 211 Å². The summed E-state index contributed by atoms with van der Waals surface area (Å²) in [5.41, 5.74) is 1.69. The van der Waals surface area contributed by atoms with Crippen LogP contribution in [0.4, 0.5) is 11.4 Å². The molecule has 8 nitrogen and oxygen atoms in total. The number of halogens is 1. The van der Waals surface area contributed by atoms with Gasteiger partial charge >= 0.3 is 5.97 Å². The van der Waals surface area contributed by atoms with Gasteiger partial charge in [0.15, 0.2) is 0 Å². The minimum absolute atomic E-state index is 0.123. The number of rotatable bonds is 6. The van der Waals surface area contributed by atoms with Crippen LogP contribution in [0.15, 0.2) is 71.2 Å². The molecule has 0 aliphatic carbocycles. The van der Waals surface area contributed by atoms with Crippen LogP contribution in [0, 0.1) is 0 Å². The summed E-state index contributed by atoms with van der Waals surface area (Å²) >= 11 is 3.42. The summed E-state index contributed by atoms with van der Waals surface area (Å²) in [6, 6.07) is 17.4. The molecule has 0 N–H and O–H groups in total. The van der Waals surface area contributed by atoms with Gasteiger partial charge in [0.1, 0.15) is 11.5 Å². The summed E-state index contributed by atoms with van der Waals surface area (Å²) in [5.74, 6) is -0.992. The van der Waals surface area contributed by atoms with Gasteiger partial charge in [-0.3, -0.25) is 14.5 Å². The van der Waals surface area contributed by atoms with E-state index in [9.17, 15) is 14.4 Å². The Balaban J connectivity index is 1.92. The molecular formula is C26H23BrN2O6. The van der Waals surface area contributed by atoms with Crippen LogP contribution in [-0.2, 0) is 20.9 Å². The highest BCUT2D eigenvalue weighted by molar-refractivity contribution is 9.10. The van der Waals surface area contributed by atoms with Crippen molar-refractivity contribution < 1.29 is 28.6 Å². The minimum Gasteiger partial charge on any atom is -0.497 e. The number of para-hydroxylation sites is 2. The van der Waals surface area contributed by atoms with E-state index in [2.05, 4.69) is 15.9 Å². The number of carbonyl (C=O) groups is 3. The maximum Gasteiger partial charge on any atom is 0.338 e. The van der Waals surface area contributed by atoms with Crippen molar-refractivity contribution in [2.45, 2.75) is 12.6 Å². The average Bonchev–Trinajstić information content (AvgIpc) is 2.97. The summed E-state index contributed by atoms with van der Waals surface area (Å²) in [7, 11) is 4.21. The summed E-state index contributed by atoms with van der Waals surface area (Å²) < 4.78 is 16.3. The molecule has 0 radical (unpaired) electrons. The molecule has 0 saturated carbocycles. The van der Waals surface area contributed by atoms with Crippen molar-refractivity contribution in [1.29, 1.82) is 0 Å². The number of hydrogen-bond donors (Lipinski definition) is 0. The first-order valence-corrected chi connectivity index (χ1v) is 11.5. The van der Waals surface area contributed by atoms with Crippen LogP contribution in [0.3, 0.4) is 0 Å². The highest BCUT2D eigenvalue weighted by Gasteiger charge is 2.46. The van der Waals surface area contributed by atoms with Crippen LogP contribution >= 0.6 is 15.9 Å². The first kappa shape index (κ1) is 24.3. The third-order valence-electron chi connectivity index (χ3n) is 5.73. The summed E-state index contributed by atoms with van der Waals surface area (Å²) in [6.45, 7) is 0.123. The minimum atomic E-state index is -1.56. The van der Waals surface area contributed by atoms with E-state index in [1.165, 1.54) is 19.1 Å². The van der Waals surface area contributed by atoms with E-state index in [0.717, 1.165) is 10.5 Å².